The van der Waals surface area contributed by atoms with Crippen LogP contribution in [0, 0.1) is 5.92 Å². The summed E-state index contributed by atoms with van der Waals surface area (Å²) in [7, 11) is 0. The summed E-state index contributed by atoms with van der Waals surface area (Å²) in [4.78, 5) is 2.57. The summed E-state index contributed by atoms with van der Waals surface area (Å²) in [5, 5.41) is 0. The van der Waals surface area contributed by atoms with Crippen molar-refractivity contribution in [2.75, 3.05) is 13.1 Å². The molecule has 1 heterocycles. The predicted octanol–water partition coefficient (Wildman–Crippen LogP) is 1.45. The fraction of sp³-hybridized carbons (Fsp3) is 1.00. The number of likely N-dealkylation sites (tertiary alicyclic amines) is 1. The first-order valence-electron chi connectivity index (χ1n) is 5.16. The Morgan fingerprint density at radius 3 is 2.75 bits per heavy atom. The van der Waals surface area contributed by atoms with Crippen LogP contribution in [-0.2, 0) is 0 Å². The Bertz CT molecular complexity index is 136. The highest BCUT2D eigenvalue weighted by atomic mass is 15.2. The second kappa shape index (κ2) is 4.24. The lowest BCUT2D eigenvalue weighted by atomic mass is 10.0. The minimum Gasteiger partial charge on any atom is -0.329 e. The Kier molecular flexibility index (Phi) is 3.53. The first kappa shape index (κ1) is 10.0. The number of hydrogen-bond donors (Lipinski definition) is 1. The molecule has 1 saturated heterocycles. The van der Waals surface area contributed by atoms with Crippen molar-refractivity contribution in [2.24, 2.45) is 11.7 Å². The van der Waals surface area contributed by atoms with Crippen molar-refractivity contribution in [2.45, 2.75) is 45.7 Å². The Morgan fingerprint density at radius 2 is 2.25 bits per heavy atom. The minimum atomic E-state index is 0.639. The van der Waals surface area contributed by atoms with Gasteiger partial charge in [-0.15, -0.1) is 0 Å². The second-order valence-corrected chi connectivity index (χ2v) is 4.06. The van der Waals surface area contributed by atoms with Gasteiger partial charge in [-0.25, -0.2) is 0 Å². The lowest BCUT2D eigenvalue weighted by Gasteiger charge is -2.30. The van der Waals surface area contributed by atoms with Crippen LogP contribution in [0.25, 0.3) is 0 Å². The van der Waals surface area contributed by atoms with Crippen molar-refractivity contribution in [3.63, 3.8) is 0 Å². The van der Waals surface area contributed by atoms with Crippen molar-refractivity contribution >= 4 is 0 Å². The van der Waals surface area contributed by atoms with E-state index >= 15 is 0 Å². The summed E-state index contributed by atoms with van der Waals surface area (Å²) >= 11 is 0. The maximum Gasteiger partial charge on any atom is 0.0247 e. The molecule has 12 heavy (non-hydrogen) atoms. The maximum absolute atomic E-state index is 5.77. The summed E-state index contributed by atoms with van der Waals surface area (Å²) < 4.78 is 0. The first-order chi connectivity index (χ1) is 5.70. The molecule has 0 amide bonds. The van der Waals surface area contributed by atoms with Crippen LogP contribution in [0.15, 0.2) is 0 Å². The normalized spacial score (nSPS) is 34.0. The van der Waals surface area contributed by atoms with Gasteiger partial charge in [0.25, 0.3) is 0 Å². The number of nitrogens with zero attached hydrogens (tertiary/aromatic N) is 1. The second-order valence-electron chi connectivity index (χ2n) is 4.06. The van der Waals surface area contributed by atoms with Gasteiger partial charge in [-0.2, -0.15) is 0 Å². The van der Waals surface area contributed by atoms with Crippen LogP contribution < -0.4 is 5.73 Å². The van der Waals surface area contributed by atoms with E-state index in [9.17, 15) is 0 Å². The monoisotopic (exact) mass is 170 g/mol. The van der Waals surface area contributed by atoms with Crippen molar-refractivity contribution in [1.29, 1.82) is 0 Å². The molecule has 0 bridgehead atoms. The van der Waals surface area contributed by atoms with E-state index in [1.165, 1.54) is 19.4 Å². The van der Waals surface area contributed by atoms with Gasteiger partial charge in [0.15, 0.2) is 0 Å². The molecule has 2 nitrogen and oxygen atoms in total. The van der Waals surface area contributed by atoms with Crippen molar-refractivity contribution in [1.82, 2.24) is 4.90 Å². The topological polar surface area (TPSA) is 29.3 Å². The van der Waals surface area contributed by atoms with Crippen molar-refractivity contribution in [3.8, 4) is 0 Å². The average Bonchev–Trinajstić information content (AvgIpc) is 2.45. The molecule has 0 aromatic rings. The van der Waals surface area contributed by atoms with Gasteiger partial charge in [0.1, 0.15) is 0 Å². The highest BCUT2D eigenvalue weighted by Gasteiger charge is 2.31. The SMILES string of the molecule is CCC(C)N1CCC(C)C1CN. The summed E-state index contributed by atoms with van der Waals surface area (Å²) in [5.41, 5.74) is 5.77. The van der Waals surface area contributed by atoms with Gasteiger partial charge in [-0.1, -0.05) is 13.8 Å². The summed E-state index contributed by atoms with van der Waals surface area (Å²) in [6.07, 6.45) is 2.56. The molecule has 2 heteroatoms. The van der Waals surface area contributed by atoms with Gasteiger partial charge in [0.05, 0.1) is 0 Å². The molecule has 1 fully saturated rings. The molecule has 1 aliphatic heterocycles. The lowest BCUT2D eigenvalue weighted by Crippen LogP contribution is -2.43. The molecule has 1 rings (SSSR count). The molecule has 72 valence electrons. The highest BCUT2D eigenvalue weighted by Crippen LogP contribution is 2.25. The molecule has 0 aliphatic carbocycles. The van der Waals surface area contributed by atoms with Gasteiger partial charge < -0.3 is 5.73 Å². The summed E-state index contributed by atoms with van der Waals surface area (Å²) in [6, 6.07) is 1.35. The third-order valence-corrected chi connectivity index (χ3v) is 3.32. The van der Waals surface area contributed by atoms with Gasteiger partial charge in [-0.3, -0.25) is 4.90 Å². The molecule has 0 saturated carbocycles. The summed E-state index contributed by atoms with van der Waals surface area (Å²) in [5.74, 6) is 0.795. The molecular weight excluding hydrogens is 148 g/mol. The quantitative estimate of drug-likeness (QED) is 0.694. The van der Waals surface area contributed by atoms with E-state index in [0.717, 1.165) is 12.5 Å². The molecule has 0 spiro atoms. The zero-order valence-corrected chi connectivity index (χ0v) is 8.59. The van der Waals surface area contributed by atoms with Crippen LogP contribution in [0.1, 0.15) is 33.6 Å². The smallest absolute Gasteiger partial charge is 0.0247 e. The Hall–Kier alpha value is -0.0800. The van der Waals surface area contributed by atoms with Gasteiger partial charge in [0.2, 0.25) is 0 Å². The van der Waals surface area contributed by atoms with E-state index in [2.05, 4.69) is 25.7 Å². The third-order valence-electron chi connectivity index (χ3n) is 3.32. The van der Waals surface area contributed by atoms with Crippen LogP contribution in [0.4, 0.5) is 0 Å². The van der Waals surface area contributed by atoms with E-state index in [1.54, 1.807) is 0 Å². The van der Waals surface area contributed by atoms with Crippen LogP contribution in [0.5, 0.6) is 0 Å². The highest BCUT2D eigenvalue weighted by molar-refractivity contribution is 4.87. The minimum absolute atomic E-state index is 0.639. The van der Waals surface area contributed by atoms with Crippen LogP contribution in [0.3, 0.4) is 0 Å². The fourth-order valence-corrected chi connectivity index (χ4v) is 2.19. The Balaban J connectivity index is 2.53. The van der Waals surface area contributed by atoms with Crippen molar-refractivity contribution in [3.05, 3.63) is 0 Å². The molecule has 2 N–H and O–H groups in total. The number of rotatable bonds is 3. The average molecular weight is 170 g/mol. The number of nitrogens with two attached hydrogens (primary N) is 1. The predicted molar refractivity (Wildman–Crippen MR) is 53.1 cm³/mol. The first-order valence-corrected chi connectivity index (χ1v) is 5.16. The van der Waals surface area contributed by atoms with Crippen molar-refractivity contribution < 1.29 is 0 Å². The Morgan fingerprint density at radius 1 is 1.58 bits per heavy atom. The van der Waals surface area contributed by atoms with Crippen LogP contribution in [0.2, 0.25) is 0 Å². The largest absolute Gasteiger partial charge is 0.329 e. The molecule has 0 aromatic heterocycles. The molecule has 1 aliphatic rings. The van der Waals surface area contributed by atoms with Gasteiger partial charge in [0, 0.05) is 18.6 Å². The molecule has 3 atom stereocenters. The van der Waals surface area contributed by atoms with Gasteiger partial charge >= 0.3 is 0 Å². The number of hydrogen-bond acceptors (Lipinski definition) is 2. The van der Waals surface area contributed by atoms with Crippen LogP contribution >= 0.6 is 0 Å². The zero-order chi connectivity index (χ0) is 9.14. The standard InChI is InChI=1S/C10H22N2/c1-4-9(3)12-6-5-8(2)10(12)7-11/h8-10H,4-7,11H2,1-3H3. The van der Waals surface area contributed by atoms with E-state index in [1.807, 2.05) is 0 Å². The fourth-order valence-electron chi connectivity index (χ4n) is 2.19. The third kappa shape index (κ3) is 1.80. The maximum atomic E-state index is 5.77. The van der Waals surface area contributed by atoms with Crippen LogP contribution in [-0.4, -0.2) is 30.1 Å². The molecule has 3 unspecified atom stereocenters. The lowest BCUT2D eigenvalue weighted by molar-refractivity contribution is 0.175. The van der Waals surface area contributed by atoms with E-state index < -0.39 is 0 Å². The molecular formula is C10H22N2. The van der Waals surface area contributed by atoms with E-state index in [-0.39, 0.29) is 0 Å². The molecule has 0 aromatic carbocycles. The summed E-state index contributed by atoms with van der Waals surface area (Å²) in [6.45, 7) is 8.95. The van der Waals surface area contributed by atoms with E-state index in [4.69, 9.17) is 5.73 Å². The Labute approximate surface area is 76.1 Å². The molecule has 0 radical (unpaired) electrons. The van der Waals surface area contributed by atoms with Gasteiger partial charge in [-0.05, 0) is 32.2 Å². The zero-order valence-electron chi connectivity index (χ0n) is 8.59. The van der Waals surface area contributed by atoms with E-state index in [0.29, 0.717) is 12.1 Å².